The minimum atomic E-state index is -2.94. The van der Waals surface area contributed by atoms with Crippen LogP contribution in [0.4, 0.5) is 0 Å². The number of aromatic nitrogens is 2. The Kier molecular flexibility index (Phi) is 3.58. The van der Waals surface area contributed by atoms with Crippen molar-refractivity contribution in [1.29, 1.82) is 0 Å². The first-order chi connectivity index (χ1) is 9.15. The fourth-order valence-electron chi connectivity index (χ4n) is 2.85. The third kappa shape index (κ3) is 2.81. The van der Waals surface area contributed by atoms with E-state index in [0.29, 0.717) is 30.3 Å². The van der Waals surface area contributed by atoms with Gasteiger partial charge < -0.3 is 9.84 Å². The van der Waals surface area contributed by atoms with Crippen LogP contribution in [-0.4, -0.2) is 36.1 Å². The maximum atomic E-state index is 11.8. The van der Waals surface area contributed by atoms with Gasteiger partial charge in [-0.3, -0.25) is 0 Å². The van der Waals surface area contributed by atoms with Crippen molar-refractivity contribution in [3.63, 3.8) is 0 Å². The molecule has 0 bridgehead atoms. The highest BCUT2D eigenvalue weighted by atomic mass is 32.2. The SMILES string of the molecule is O=S1(=O)CCCC1Cc1nc(C2CCCCN2)no1. The Labute approximate surface area is 112 Å². The van der Waals surface area contributed by atoms with Crippen molar-refractivity contribution >= 4 is 9.84 Å². The summed E-state index contributed by atoms with van der Waals surface area (Å²) in [6.45, 7) is 0.978. The Bertz CT molecular complexity index is 534. The second-order valence-electron chi connectivity index (χ2n) is 5.38. The second-order valence-corrected chi connectivity index (χ2v) is 7.78. The smallest absolute Gasteiger partial charge is 0.228 e. The summed E-state index contributed by atoms with van der Waals surface area (Å²) < 4.78 is 28.8. The molecule has 3 rings (SSSR count). The van der Waals surface area contributed by atoms with E-state index in [0.717, 1.165) is 19.4 Å². The summed E-state index contributed by atoms with van der Waals surface area (Å²) in [5.41, 5.74) is 0. The van der Waals surface area contributed by atoms with E-state index in [1.54, 1.807) is 0 Å². The van der Waals surface area contributed by atoms with Crippen LogP contribution < -0.4 is 5.32 Å². The number of hydrogen-bond donors (Lipinski definition) is 1. The lowest BCUT2D eigenvalue weighted by Gasteiger charge is -2.19. The van der Waals surface area contributed by atoms with Gasteiger partial charge in [0.15, 0.2) is 15.7 Å². The summed E-state index contributed by atoms with van der Waals surface area (Å²) >= 11 is 0. The van der Waals surface area contributed by atoms with Gasteiger partial charge in [0.1, 0.15) is 0 Å². The molecule has 1 aromatic heterocycles. The van der Waals surface area contributed by atoms with Crippen molar-refractivity contribution in [3.8, 4) is 0 Å². The highest BCUT2D eigenvalue weighted by Gasteiger charge is 2.33. The average Bonchev–Trinajstić information content (AvgIpc) is 2.99. The van der Waals surface area contributed by atoms with Gasteiger partial charge >= 0.3 is 0 Å². The Morgan fingerprint density at radius 3 is 2.84 bits per heavy atom. The number of nitrogens with zero attached hydrogens (tertiary/aromatic N) is 2. The fraction of sp³-hybridized carbons (Fsp3) is 0.833. The molecule has 7 heteroatoms. The molecule has 1 aromatic rings. The molecule has 3 heterocycles. The van der Waals surface area contributed by atoms with Crippen LogP contribution in [0.3, 0.4) is 0 Å². The number of rotatable bonds is 3. The molecule has 2 aliphatic rings. The molecule has 0 saturated carbocycles. The van der Waals surface area contributed by atoms with Gasteiger partial charge in [0.25, 0.3) is 0 Å². The van der Waals surface area contributed by atoms with E-state index in [1.807, 2.05) is 0 Å². The molecule has 2 saturated heterocycles. The van der Waals surface area contributed by atoms with Crippen LogP contribution in [0.15, 0.2) is 4.52 Å². The second kappa shape index (κ2) is 5.20. The maximum Gasteiger partial charge on any atom is 0.228 e. The summed E-state index contributed by atoms with van der Waals surface area (Å²) in [4.78, 5) is 4.36. The van der Waals surface area contributed by atoms with Crippen molar-refractivity contribution in [3.05, 3.63) is 11.7 Å². The fourth-order valence-corrected chi connectivity index (χ4v) is 4.67. The number of hydrogen-bond acceptors (Lipinski definition) is 6. The lowest BCUT2D eigenvalue weighted by molar-refractivity contribution is 0.347. The summed E-state index contributed by atoms with van der Waals surface area (Å²) in [6.07, 6.45) is 5.18. The third-order valence-corrected chi connectivity index (χ3v) is 6.25. The van der Waals surface area contributed by atoms with E-state index in [1.165, 1.54) is 12.8 Å². The maximum absolute atomic E-state index is 11.8. The molecule has 6 nitrogen and oxygen atoms in total. The van der Waals surface area contributed by atoms with Crippen molar-refractivity contribution in [2.24, 2.45) is 0 Å². The Hall–Kier alpha value is -0.950. The first kappa shape index (κ1) is 13.1. The van der Waals surface area contributed by atoms with Crippen LogP contribution in [0.1, 0.15) is 49.9 Å². The van der Waals surface area contributed by atoms with Gasteiger partial charge in [0.2, 0.25) is 5.89 Å². The van der Waals surface area contributed by atoms with Gasteiger partial charge in [-0.05, 0) is 32.2 Å². The zero-order valence-electron chi connectivity index (χ0n) is 10.8. The molecular weight excluding hydrogens is 266 g/mol. The molecule has 2 atom stereocenters. The minimum Gasteiger partial charge on any atom is -0.339 e. The van der Waals surface area contributed by atoms with Crippen LogP contribution in [0.2, 0.25) is 0 Å². The summed E-state index contributed by atoms with van der Waals surface area (Å²) in [5.74, 6) is 1.42. The van der Waals surface area contributed by atoms with E-state index in [2.05, 4.69) is 15.5 Å². The standard InChI is InChI=1S/C12H19N3O3S/c16-19(17)7-3-4-9(19)8-11-14-12(15-18-11)10-5-1-2-6-13-10/h9-10,13H,1-8H2. The first-order valence-electron chi connectivity index (χ1n) is 6.92. The van der Waals surface area contributed by atoms with Crippen molar-refractivity contribution in [2.45, 2.75) is 49.8 Å². The molecule has 2 fully saturated rings. The Morgan fingerprint density at radius 2 is 2.16 bits per heavy atom. The molecule has 106 valence electrons. The van der Waals surface area contributed by atoms with E-state index >= 15 is 0 Å². The van der Waals surface area contributed by atoms with E-state index in [-0.39, 0.29) is 11.3 Å². The van der Waals surface area contributed by atoms with Crippen LogP contribution >= 0.6 is 0 Å². The number of piperidine rings is 1. The summed E-state index contributed by atoms with van der Waals surface area (Å²) in [5, 5.41) is 7.01. The van der Waals surface area contributed by atoms with Crippen LogP contribution in [0.25, 0.3) is 0 Å². The van der Waals surface area contributed by atoms with Crippen LogP contribution in [-0.2, 0) is 16.3 Å². The predicted octanol–water partition coefficient (Wildman–Crippen LogP) is 1.00. The lowest BCUT2D eigenvalue weighted by atomic mass is 10.0. The average molecular weight is 285 g/mol. The molecule has 0 aromatic carbocycles. The van der Waals surface area contributed by atoms with Gasteiger partial charge in [0.05, 0.1) is 17.0 Å². The van der Waals surface area contributed by atoms with Crippen molar-refractivity contribution < 1.29 is 12.9 Å². The normalized spacial score (nSPS) is 30.5. The molecule has 2 unspecified atom stereocenters. The highest BCUT2D eigenvalue weighted by Crippen LogP contribution is 2.25. The largest absolute Gasteiger partial charge is 0.339 e. The molecule has 2 aliphatic heterocycles. The monoisotopic (exact) mass is 285 g/mol. The molecule has 19 heavy (non-hydrogen) atoms. The van der Waals surface area contributed by atoms with Crippen molar-refractivity contribution in [2.75, 3.05) is 12.3 Å². The zero-order valence-corrected chi connectivity index (χ0v) is 11.7. The van der Waals surface area contributed by atoms with Crippen LogP contribution in [0, 0.1) is 0 Å². The highest BCUT2D eigenvalue weighted by molar-refractivity contribution is 7.92. The van der Waals surface area contributed by atoms with Gasteiger partial charge in [-0.1, -0.05) is 11.6 Å². The van der Waals surface area contributed by atoms with E-state index in [9.17, 15) is 8.42 Å². The summed E-state index contributed by atoms with van der Waals surface area (Å²) in [6, 6.07) is 0.159. The number of sulfone groups is 1. The topological polar surface area (TPSA) is 85.1 Å². The van der Waals surface area contributed by atoms with Gasteiger partial charge in [-0.25, -0.2) is 8.42 Å². The number of nitrogens with one attached hydrogen (secondary N) is 1. The van der Waals surface area contributed by atoms with Gasteiger partial charge in [-0.15, -0.1) is 0 Å². The lowest BCUT2D eigenvalue weighted by Crippen LogP contribution is -2.27. The van der Waals surface area contributed by atoms with Gasteiger partial charge in [0, 0.05) is 6.42 Å². The minimum absolute atomic E-state index is 0.159. The Balaban J connectivity index is 1.68. The summed E-state index contributed by atoms with van der Waals surface area (Å²) in [7, 11) is -2.94. The molecular formula is C12H19N3O3S. The zero-order chi connectivity index (χ0) is 13.3. The quantitative estimate of drug-likeness (QED) is 0.892. The molecule has 0 spiro atoms. The van der Waals surface area contributed by atoms with Crippen LogP contribution in [0.5, 0.6) is 0 Å². The third-order valence-electron chi connectivity index (χ3n) is 3.97. The Morgan fingerprint density at radius 1 is 1.26 bits per heavy atom. The first-order valence-corrected chi connectivity index (χ1v) is 8.64. The van der Waals surface area contributed by atoms with Gasteiger partial charge in [-0.2, -0.15) is 4.98 Å². The molecule has 0 aliphatic carbocycles. The molecule has 0 radical (unpaired) electrons. The molecule has 1 N–H and O–H groups in total. The predicted molar refractivity (Wildman–Crippen MR) is 69.4 cm³/mol. The van der Waals surface area contributed by atoms with E-state index in [4.69, 9.17) is 4.52 Å². The molecule has 0 amide bonds. The van der Waals surface area contributed by atoms with Crippen molar-refractivity contribution in [1.82, 2.24) is 15.5 Å². The van der Waals surface area contributed by atoms with E-state index < -0.39 is 9.84 Å².